The van der Waals surface area contributed by atoms with Gasteiger partial charge >= 0.3 is 5.97 Å². The van der Waals surface area contributed by atoms with Crippen molar-refractivity contribution < 1.29 is 14.7 Å². The maximum atomic E-state index is 12.4. The number of hydrogen-bond acceptors (Lipinski definition) is 5. The fraction of sp³-hybridized carbons (Fsp3) is 0.158. The molecule has 2 aromatic carbocycles. The smallest absolute Gasteiger partial charge is 0.321 e. The van der Waals surface area contributed by atoms with Crippen molar-refractivity contribution >= 4 is 40.8 Å². The van der Waals surface area contributed by atoms with Gasteiger partial charge in [-0.3, -0.25) is 14.9 Å². The van der Waals surface area contributed by atoms with E-state index in [0.717, 1.165) is 5.56 Å². The number of hydrogen-bond donors (Lipinski definition) is 3. The van der Waals surface area contributed by atoms with E-state index in [2.05, 4.69) is 20.9 Å². The molecule has 3 rings (SSSR count). The zero-order valence-electron chi connectivity index (χ0n) is 15.0. The summed E-state index contributed by atoms with van der Waals surface area (Å²) in [4.78, 5) is 23.9. The zero-order chi connectivity index (χ0) is 20.8. The van der Waals surface area contributed by atoms with Gasteiger partial charge in [0.25, 0.3) is 0 Å². The van der Waals surface area contributed by atoms with E-state index in [1.165, 1.54) is 10.9 Å². The molecule has 0 bridgehead atoms. The van der Waals surface area contributed by atoms with Crippen molar-refractivity contribution in [2.45, 2.75) is 12.5 Å². The molecule has 0 spiro atoms. The van der Waals surface area contributed by atoms with E-state index in [-0.39, 0.29) is 18.1 Å². The first-order chi connectivity index (χ1) is 13.9. The van der Waals surface area contributed by atoms with Gasteiger partial charge in [0, 0.05) is 5.02 Å². The lowest BCUT2D eigenvalue weighted by molar-refractivity contribution is -0.139. The Hall–Kier alpha value is -2.94. The van der Waals surface area contributed by atoms with Crippen LogP contribution in [0.2, 0.25) is 10.2 Å². The third kappa shape index (κ3) is 5.77. The second-order valence-corrected chi connectivity index (χ2v) is 6.98. The largest absolute Gasteiger partial charge is 0.480 e. The van der Waals surface area contributed by atoms with Crippen molar-refractivity contribution in [2.75, 3.05) is 11.9 Å². The molecule has 1 atom stereocenters. The van der Waals surface area contributed by atoms with Crippen LogP contribution in [-0.4, -0.2) is 44.6 Å². The third-order valence-corrected chi connectivity index (χ3v) is 4.44. The highest BCUT2D eigenvalue weighted by Crippen LogP contribution is 2.24. The number of anilines is 1. The van der Waals surface area contributed by atoms with Gasteiger partial charge in [-0.05, 0) is 30.2 Å². The number of carbonyl (C=O) groups is 2. The van der Waals surface area contributed by atoms with E-state index in [0.29, 0.717) is 16.4 Å². The number of rotatable bonds is 8. The predicted octanol–water partition coefficient (Wildman–Crippen LogP) is 2.80. The number of halogens is 2. The number of benzene rings is 2. The highest BCUT2D eigenvalue weighted by Gasteiger charge is 2.19. The standard InChI is InChI=1S/C19H17Cl2N5O3/c20-13-6-7-16(26-11-17(21)24-25-26)14(9-13)23-18(27)10-22-15(19(28)29)8-12-4-2-1-3-5-12/h1-7,9,11,15,22H,8,10H2,(H,23,27)(H,28,29). The molecule has 1 unspecified atom stereocenters. The number of aliphatic carboxylic acids is 1. The molecule has 0 aliphatic carbocycles. The third-order valence-electron chi connectivity index (χ3n) is 4.03. The maximum absolute atomic E-state index is 12.4. The van der Waals surface area contributed by atoms with E-state index in [4.69, 9.17) is 23.2 Å². The number of nitrogens with one attached hydrogen (secondary N) is 2. The highest BCUT2D eigenvalue weighted by atomic mass is 35.5. The lowest BCUT2D eigenvalue weighted by Crippen LogP contribution is -2.42. The van der Waals surface area contributed by atoms with Crippen molar-refractivity contribution in [3.63, 3.8) is 0 Å². The average molecular weight is 434 g/mol. The van der Waals surface area contributed by atoms with Crippen LogP contribution in [0.4, 0.5) is 5.69 Å². The molecular formula is C19H17Cl2N5O3. The lowest BCUT2D eigenvalue weighted by atomic mass is 10.1. The van der Waals surface area contributed by atoms with Crippen LogP contribution in [0.1, 0.15) is 5.56 Å². The van der Waals surface area contributed by atoms with Crippen LogP contribution in [0, 0.1) is 0 Å². The summed E-state index contributed by atoms with van der Waals surface area (Å²) in [5, 5.41) is 23.1. The molecule has 1 heterocycles. The SMILES string of the molecule is O=C(CNC(Cc1ccccc1)C(=O)O)Nc1cc(Cl)ccc1-n1cc(Cl)nn1. The molecule has 29 heavy (non-hydrogen) atoms. The summed E-state index contributed by atoms with van der Waals surface area (Å²) in [6, 6.07) is 13.1. The Labute approximate surface area is 176 Å². The summed E-state index contributed by atoms with van der Waals surface area (Å²) in [5.41, 5.74) is 1.76. The fourth-order valence-electron chi connectivity index (χ4n) is 2.68. The van der Waals surface area contributed by atoms with Crippen molar-refractivity contribution in [1.82, 2.24) is 20.3 Å². The molecule has 0 saturated heterocycles. The molecule has 3 aromatic rings. The fourth-order valence-corrected chi connectivity index (χ4v) is 2.97. The second-order valence-electron chi connectivity index (χ2n) is 6.16. The Morgan fingerprint density at radius 3 is 2.55 bits per heavy atom. The van der Waals surface area contributed by atoms with Crippen LogP contribution in [0.25, 0.3) is 5.69 Å². The monoisotopic (exact) mass is 433 g/mol. The van der Waals surface area contributed by atoms with Crippen molar-refractivity contribution in [3.8, 4) is 5.69 Å². The number of carboxylic acid groups (broad SMARTS) is 1. The maximum Gasteiger partial charge on any atom is 0.321 e. The van der Waals surface area contributed by atoms with Crippen molar-refractivity contribution in [2.24, 2.45) is 0 Å². The number of amides is 1. The van der Waals surface area contributed by atoms with Gasteiger partial charge in [0.15, 0.2) is 5.15 Å². The van der Waals surface area contributed by atoms with E-state index in [1.807, 2.05) is 30.3 Å². The van der Waals surface area contributed by atoms with Crippen LogP contribution in [0.15, 0.2) is 54.7 Å². The van der Waals surface area contributed by atoms with Gasteiger partial charge in [0.1, 0.15) is 6.04 Å². The van der Waals surface area contributed by atoms with Crippen LogP contribution in [0.5, 0.6) is 0 Å². The van der Waals surface area contributed by atoms with E-state index >= 15 is 0 Å². The summed E-state index contributed by atoms with van der Waals surface area (Å²) in [7, 11) is 0. The van der Waals surface area contributed by atoms with Crippen molar-refractivity contribution in [3.05, 3.63) is 70.5 Å². The molecule has 0 saturated carbocycles. The second kappa shape index (κ2) is 9.51. The van der Waals surface area contributed by atoms with Gasteiger partial charge in [0.2, 0.25) is 5.91 Å². The van der Waals surface area contributed by atoms with Crippen LogP contribution in [-0.2, 0) is 16.0 Å². The van der Waals surface area contributed by atoms with Gasteiger partial charge in [0.05, 0.1) is 24.1 Å². The summed E-state index contributed by atoms with van der Waals surface area (Å²) < 4.78 is 1.40. The first-order valence-corrected chi connectivity index (χ1v) is 9.35. The first-order valence-electron chi connectivity index (χ1n) is 8.60. The number of carbonyl (C=O) groups excluding carboxylic acids is 1. The van der Waals surface area contributed by atoms with Gasteiger partial charge in [-0.1, -0.05) is 58.7 Å². The summed E-state index contributed by atoms with van der Waals surface area (Å²) in [6.07, 6.45) is 1.74. The molecule has 0 aliphatic heterocycles. The Morgan fingerprint density at radius 2 is 1.90 bits per heavy atom. The normalized spacial score (nSPS) is 11.8. The summed E-state index contributed by atoms with van der Waals surface area (Å²) in [5.74, 6) is -1.47. The van der Waals surface area contributed by atoms with E-state index in [1.54, 1.807) is 18.2 Å². The van der Waals surface area contributed by atoms with Crippen molar-refractivity contribution in [1.29, 1.82) is 0 Å². The van der Waals surface area contributed by atoms with Gasteiger partial charge in [-0.15, -0.1) is 5.10 Å². The number of aromatic nitrogens is 3. The molecule has 8 nitrogen and oxygen atoms in total. The minimum atomic E-state index is -1.04. The Kier molecular flexibility index (Phi) is 6.82. The Balaban J connectivity index is 1.67. The topological polar surface area (TPSA) is 109 Å². The highest BCUT2D eigenvalue weighted by molar-refractivity contribution is 6.31. The lowest BCUT2D eigenvalue weighted by Gasteiger charge is -2.15. The van der Waals surface area contributed by atoms with Crippen LogP contribution < -0.4 is 10.6 Å². The number of nitrogens with zero attached hydrogens (tertiary/aromatic N) is 3. The van der Waals surface area contributed by atoms with Gasteiger partial charge in [-0.2, -0.15) is 0 Å². The van der Waals surface area contributed by atoms with Crippen LogP contribution in [0.3, 0.4) is 0 Å². The molecule has 0 radical (unpaired) electrons. The summed E-state index contributed by atoms with van der Waals surface area (Å²) >= 11 is 11.8. The molecule has 0 fully saturated rings. The molecule has 150 valence electrons. The van der Waals surface area contributed by atoms with Gasteiger partial charge in [-0.25, -0.2) is 4.68 Å². The average Bonchev–Trinajstić information content (AvgIpc) is 3.12. The zero-order valence-corrected chi connectivity index (χ0v) is 16.6. The quantitative estimate of drug-likeness (QED) is 0.503. The minimum absolute atomic E-state index is 0.198. The molecule has 1 amide bonds. The van der Waals surface area contributed by atoms with E-state index < -0.39 is 17.9 Å². The van der Waals surface area contributed by atoms with Crippen LogP contribution >= 0.6 is 23.2 Å². The predicted molar refractivity (Wildman–Crippen MR) is 110 cm³/mol. The number of carboxylic acids is 1. The van der Waals surface area contributed by atoms with E-state index in [9.17, 15) is 14.7 Å². The summed E-state index contributed by atoms with van der Waals surface area (Å²) in [6.45, 7) is -0.201. The molecular weight excluding hydrogens is 417 g/mol. The molecule has 1 aromatic heterocycles. The molecule has 10 heteroatoms. The first kappa shape index (κ1) is 20.8. The Morgan fingerprint density at radius 1 is 1.14 bits per heavy atom. The molecule has 3 N–H and O–H groups in total. The Bertz CT molecular complexity index is 1010. The van der Waals surface area contributed by atoms with Gasteiger partial charge < -0.3 is 10.4 Å². The minimum Gasteiger partial charge on any atom is -0.480 e. The molecule has 0 aliphatic rings.